The van der Waals surface area contributed by atoms with Crippen molar-refractivity contribution in [3.63, 3.8) is 0 Å². The number of amides is 1. The maximum Gasteiger partial charge on any atom is 0.222 e. The SMILES string of the molecule is O=C(CCCOCc1ccccc1)N1CCC(c2ncon2)CC1. The van der Waals surface area contributed by atoms with E-state index in [1.54, 1.807) is 0 Å². The highest BCUT2D eigenvalue weighted by molar-refractivity contribution is 5.76. The third kappa shape index (κ3) is 4.64. The van der Waals surface area contributed by atoms with E-state index >= 15 is 0 Å². The second kappa shape index (κ2) is 8.59. The molecule has 6 heteroatoms. The van der Waals surface area contributed by atoms with Crippen molar-refractivity contribution in [3.8, 4) is 0 Å². The molecule has 1 aromatic carbocycles. The molecule has 0 unspecified atom stereocenters. The van der Waals surface area contributed by atoms with Gasteiger partial charge < -0.3 is 14.2 Å². The minimum Gasteiger partial charge on any atom is -0.377 e. The number of rotatable bonds is 7. The first kappa shape index (κ1) is 16.6. The molecule has 0 atom stereocenters. The van der Waals surface area contributed by atoms with Gasteiger partial charge in [0, 0.05) is 32.0 Å². The van der Waals surface area contributed by atoms with E-state index in [0.717, 1.165) is 43.7 Å². The number of aromatic nitrogens is 2. The summed E-state index contributed by atoms with van der Waals surface area (Å²) in [5.74, 6) is 1.28. The first-order chi connectivity index (χ1) is 11.8. The van der Waals surface area contributed by atoms with Gasteiger partial charge in [-0.15, -0.1) is 0 Å². The van der Waals surface area contributed by atoms with E-state index in [-0.39, 0.29) is 5.91 Å². The van der Waals surface area contributed by atoms with Crippen molar-refractivity contribution in [1.29, 1.82) is 0 Å². The van der Waals surface area contributed by atoms with E-state index < -0.39 is 0 Å². The molecule has 6 nitrogen and oxygen atoms in total. The van der Waals surface area contributed by atoms with Crippen LogP contribution in [0.25, 0.3) is 0 Å². The third-order valence-corrected chi connectivity index (χ3v) is 4.38. The number of ether oxygens (including phenoxy) is 1. The molecule has 1 saturated heterocycles. The predicted octanol–water partition coefficient (Wildman–Crippen LogP) is 2.77. The van der Waals surface area contributed by atoms with Crippen LogP contribution in [0.5, 0.6) is 0 Å². The Bertz CT molecular complexity index is 608. The van der Waals surface area contributed by atoms with Crippen molar-refractivity contribution in [2.45, 2.75) is 38.2 Å². The van der Waals surface area contributed by atoms with Crippen LogP contribution in [0.15, 0.2) is 41.2 Å². The maximum atomic E-state index is 12.2. The molecule has 1 aromatic heterocycles. The Morgan fingerprint density at radius 1 is 1.25 bits per heavy atom. The van der Waals surface area contributed by atoms with Gasteiger partial charge in [0.1, 0.15) is 0 Å². The highest BCUT2D eigenvalue weighted by atomic mass is 16.5. The van der Waals surface area contributed by atoms with E-state index in [1.807, 2.05) is 35.2 Å². The molecule has 2 aromatic rings. The molecule has 3 rings (SSSR count). The van der Waals surface area contributed by atoms with Gasteiger partial charge in [0.2, 0.25) is 12.3 Å². The molecule has 128 valence electrons. The number of carbonyl (C=O) groups is 1. The van der Waals surface area contributed by atoms with Crippen LogP contribution in [0.2, 0.25) is 0 Å². The van der Waals surface area contributed by atoms with Crippen LogP contribution in [0.1, 0.15) is 43.0 Å². The fourth-order valence-electron chi connectivity index (χ4n) is 2.99. The van der Waals surface area contributed by atoms with Crippen LogP contribution in [0.4, 0.5) is 0 Å². The molecule has 0 bridgehead atoms. The van der Waals surface area contributed by atoms with E-state index in [2.05, 4.69) is 10.1 Å². The summed E-state index contributed by atoms with van der Waals surface area (Å²) in [6.07, 6.45) is 4.46. The molecule has 0 aliphatic carbocycles. The van der Waals surface area contributed by atoms with Crippen molar-refractivity contribution in [3.05, 3.63) is 48.1 Å². The number of benzene rings is 1. The monoisotopic (exact) mass is 329 g/mol. The number of hydrogen-bond donors (Lipinski definition) is 0. The van der Waals surface area contributed by atoms with Crippen LogP contribution < -0.4 is 0 Å². The van der Waals surface area contributed by atoms with Crippen molar-refractivity contribution in [1.82, 2.24) is 15.0 Å². The molecule has 1 amide bonds. The molecule has 1 fully saturated rings. The van der Waals surface area contributed by atoms with Gasteiger partial charge in [-0.1, -0.05) is 35.5 Å². The van der Waals surface area contributed by atoms with Gasteiger partial charge in [-0.25, -0.2) is 0 Å². The fourth-order valence-corrected chi connectivity index (χ4v) is 2.99. The number of piperidine rings is 1. The summed E-state index contributed by atoms with van der Waals surface area (Å²) in [5.41, 5.74) is 1.16. The molecular weight excluding hydrogens is 306 g/mol. The van der Waals surface area contributed by atoms with Crippen molar-refractivity contribution < 1.29 is 14.1 Å². The van der Waals surface area contributed by atoms with Gasteiger partial charge in [-0.2, -0.15) is 4.98 Å². The first-order valence-corrected chi connectivity index (χ1v) is 8.48. The Kier molecular flexibility index (Phi) is 5.96. The van der Waals surface area contributed by atoms with E-state index in [9.17, 15) is 4.79 Å². The molecule has 1 aliphatic heterocycles. The maximum absolute atomic E-state index is 12.2. The molecule has 24 heavy (non-hydrogen) atoms. The normalized spacial score (nSPS) is 15.6. The third-order valence-electron chi connectivity index (χ3n) is 4.38. The number of hydrogen-bond acceptors (Lipinski definition) is 5. The molecule has 1 aliphatic rings. The Balaban J connectivity index is 1.30. The van der Waals surface area contributed by atoms with Crippen LogP contribution in [0, 0.1) is 0 Å². The lowest BCUT2D eigenvalue weighted by molar-refractivity contribution is -0.132. The van der Waals surface area contributed by atoms with Crippen LogP contribution >= 0.6 is 0 Å². The highest BCUT2D eigenvalue weighted by Crippen LogP contribution is 2.25. The van der Waals surface area contributed by atoms with Crippen LogP contribution in [-0.2, 0) is 16.1 Å². The van der Waals surface area contributed by atoms with Gasteiger partial charge in [0.15, 0.2) is 5.82 Å². The summed E-state index contributed by atoms with van der Waals surface area (Å²) >= 11 is 0. The van der Waals surface area contributed by atoms with Gasteiger partial charge in [0.25, 0.3) is 0 Å². The van der Waals surface area contributed by atoms with Crippen molar-refractivity contribution in [2.24, 2.45) is 0 Å². The molecule has 0 N–H and O–H groups in total. The lowest BCUT2D eigenvalue weighted by Gasteiger charge is -2.30. The Hall–Kier alpha value is -2.21. The Labute approximate surface area is 141 Å². The zero-order valence-corrected chi connectivity index (χ0v) is 13.8. The van der Waals surface area contributed by atoms with E-state index in [4.69, 9.17) is 9.26 Å². The lowest BCUT2D eigenvalue weighted by atomic mass is 9.96. The van der Waals surface area contributed by atoms with Crippen LogP contribution in [0.3, 0.4) is 0 Å². The molecule has 0 spiro atoms. The van der Waals surface area contributed by atoms with E-state index in [0.29, 0.717) is 25.6 Å². The largest absolute Gasteiger partial charge is 0.377 e. The number of likely N-dealkylation sites (tertiary alicyclic amines) is 1. The number of nitrogens with zero attached hydrogens (tertiary/aromatic N) is 3. The zero-order chi connectivity index (χ0) is 16.6. The second-order valence-corrected chi connectivity index (χ2v) is 6.09. The first-order valence-electron chi connectivity index (χ1n) is 8.48. The van der Waals surface area contributed by atoms with E-state index in [1.165, 1.54) is 6.39 Å². The summed E-state index contributed by atoms with van der Waals surface area (Å²) in [6.45, 7) is 2.75. The van der Waals surface area contributed by atoms with Gasteiger partial charge in [0.05, 0.1) is 6.61 Å². The van der Waals surface area contributed by atoms with Crippen molar-refractivity contribution in [2.75, 3.05) is 19.7 Å². The Morgan fingerprint density at radius 3 is 2.75 bits per heavy atom. The molecular formula is C18H23N3O3. The summed E-state index contributed by atoms with van der Waals surface area (Å²) in [7, 11) is 0. The van der Waals surface area contributed by atoms with Gasteiger partial charge in [-0.3, -0.25) is 4.79 Å². The number of carbonyl (C=O) groups excluding carboxylic acids is 1. The minimum absolute atomic E-state index is 0.213. The second-order valence-electron chi connectivity index (χ2n) is 6.09. The lowest BCUT2D eigenvalue weighted by Crippen LogP contribution is -2.38. The smallest absolute Gasteiger partial charge is 0.222 e. The average molecular weight is 329 g/mol. The fraction of sp³-hybridized carbons (Fsp3) is 0.500. The zero-order valence-electron chi connectivity index (χ0n) is 13.8. The summed E-state index contributed by atoms with van der Waals surface area (Å²) < 4.78 is 10.4. The Morgan fingerprint density at radius 2 is 2.04 bits per heavy atom. The summed E-state index contributed by atoms with van der Waals surface area (Å²) in [5, 5.41) is 3.90. The molecule has 2 heterocycles. The standard InChI is InChI=1S/C18H23N3O3/c22-17(7-4-12-23-13-15-5-2-1-3-6-15)21-10-8-16(9-11-21)18-19-14-24-20-18/h1-3,5-6,14,16H,4,7-13H2. The van der Waals surface area contributed by atoms with Crippen molar-refractivity contribution >= 4 is 5.91 Å². The highest BCUT2D eigenvalue weighted by Gasteiger charge is 2.25. The van der Waals surface area contributed by atoms with Gasteiger partial charge in [-0.05, 0) is 24.8 Å². The topological polar surface area (TPSA) is 68.5 Å². The molecule has 0 radical (unpaired) electrons. The van der Waals surface area contributed by atoms with Crippen LogP contribution in [-0.4, -0.2) is 40.6 Å². The average Bonchev–Trinajstić information content (AvgIpc) is 3.17. The quantitative estimate of drug-likeness (QED) is 0.731. The molecule has 0 saturated carbocycles. The predicted molar refractivity (Wildman–Crippen MR) is 88.2 cm³/mol. The minimum atomic E-state index is 0.213. The summed E-state index contributed by atoms with van der Waals surface area (Å²) in [6, 6.07) is 10.1. The summed E-state index contributed by atoms with van der Waals surface area (Å²) in [4.78, 5) is 18.3. The van der Waals surface area contributed by atoms with Gasteiger partial charge >= 0.3 is 0 Å².